The zero-order chi connectivity index (χ0) is 20.7. The second-order valence-corrected chi connectivity index (χ2v) is 8.16. The lowest BCUT2D eigenvalue weighted by Crippen LogP contribution is -1.97. The predicted octanol–water partition coefficient (Wildman–Crippen LogP) is 8.60. The molecular weight excluding hydrogens is 356 g/mol. The van der Waals surface area contributed by atoms with Crippen LogP contribution in [0.2, 0.25) is 0 Å². The van der Waals surface area contributed by atoms with Crippen molar-refractivity contribution >= 4 is 0 Å². The number of rotatable bonds is 15. The van der Waals surface area contributed by atoms with Gasteiger partial charge in [0.15, 0.2) is 11.5 Å². The molecule has 0 saturated carbocycles. The van der Waals surface area contributed by atoms with Gasteiger partial charge in [0.25, 0.3) is 0 Å². The topological polar surface area (TPSA) is 29.5 Å². The summed E-state index contributed by atoms with van der Waals surface area (Å²) in [5, 5.41) is 10.5. The second-order valence-electron chi connectivity index (χ2n) is 8.16. The Balaban J connectivity index is 1.98. The van der Waals surface area contributed by atoms with E-state index >= 15 is 0 Å². The summed E-state index contributed by atoms with van der Waals surface area (Å²) in [7, 11) is 0. The first-order chi connectivity index (χ1) is 14.3. The van der Waals surface area contributed by atoms with Crippen LogP contribution < -0.4 is 4.74 Å². The molecule has 29 heavy (non-hydrogen) atoms. The minimum Gasteiger partial charge on any atom is -0.504 e. The summed E-state index contributed by atoms with van der Waals surface area (Å²) in [6, 6.07) is 14.0. The maximum absolute atomic E-state index is 10.5. The van der Waals surface area contributed by atoms with Gasteiger partial charge in [-0.25, -0.2) is 0 Å². The summed E-state index contributed by atoms with van der Waals surface area (Å²) in [6.45, 7) is 4.50. The van der Waals surface area contributed by atoms with Crippen molar-refractivity contribution in [3.8, 4) is 17.2 Å². The van der Waals surface area contributed by atoms with Gasteiger partial charge >= 0.3 is 0 Å². The molecule has 2 aromatic carbocycles. The molecule has 0 unspecified atom stereocenters. The molecule has 0 spiro atoms. The van der Waals surface area contributed by atoms with Gasteiger partial charge in [0, 0.05) is 0 Å². The van der Waals surface area contributed by atoms with Crippen molar-refractivity contribution in [2.45, 2.75) is 97.3 Å². The number of hydrogen-bond donors (Lipinski definition) is 1. The van der Waals surface area contributed by atoms with Crippen LogP contribution >= 0.6 is 0 Å². The Kier molecular flexibility index (Phi) is 11.3. The molecule has 0 heterocycles. The molecule has 0 bridgehead atoms. The fourth-order valence-electron chi connectivity index (χ4n) is 3.82. The lowest BCUT2D eigenvalue weighted by molar-refractivity contribution is 0.403. The molecule has 0 saturated heterocycles. The van der Waals surface area contributed by atoms with Crippen molar-refractivity contribution in [3.05, 3.63) is 53.6 Å². The summed E-state index contributed by atoms with van der Waals surface area (Å²) in [5.41, 5.74) is 2.34. The number of aromatic hydroxyl groups is 1. The third-order valence-corrected chi connectivity index (χ3v) is 5.61. The molecule has 0 aromatic heterocycles. The number of aryl methyl sites for hydroxylation is 2. The van der Waals surface area contributed by atoms with Crippen molar-refractivity contribution in [1.29, 1.82) is 0 Å². The molecule has 0 amide bonds. The van der Waals surface area contributed by atoms with E-state index in [2.05, 4.69) is 32.0 Å². The number of hydrogen-bond acceptors (Lipinski definition) is 2. The predicted molar refractivity (Wildman–Crippen MR) is 124 cm³/mol. The summed E-state index contributed by atoms with van der Waals surface area (Å²) < 4.78 is 6.30. The highest BCUT2D eigenvalue weighted by Crippen LogP contribution is 2.36. The van der Waals surface area contributed by atoms with Gasteiger partial charge in [0.2, 0.25) is 0 Å². The fraction of sp³-hybridized carbons (Fsp3) is 0.556. The molecule has 0 radical (unpaired) electrons. The Labute approximate surface area is 178 Å². The van der Waals surface area contributed by atoms with E-state index in [9.17, 15) is 5.11 Å². The zero-order valence-electron chi connectivity index (χ0n) is 18.6. The smallest absolute Gasteiger partial charge is 0.172 e. The lowest BCUT2D eigenvalue weighted by Gasteiger charge is -2.15. The highest BCUT2D eigenvalue weighted by atomic mass is 16.5. The Morgan fingerprint density at radius 2 is 1.17 bits per heavy atom. The molecule has 0 aliphatic rings. The molecule has 160 valence electrons. The van der Waals surface area contributed by atoms with Gasteiger partial charge in [-0.3, -0.25) is 0 Å². The summed E-state index contributed by atoms with van der Waals surface area (Å²) in [5.74, 6) is 1.76. The number of phenolic OH excluding ortho intramolecular Hbond substituents is 1. The lowest BCUT2D eigenvalue weighted by atomic mass is 10.0. The second kappa shape index (κ2) is 14.1. The third kappa shape index (κ3) is 8.51. The molecule has 1 N–H and O–H groups in total. The van der Waals surface area contributed by atoms with Gasteiger partial charge in [-0.15, -0.1) is 0 Å². The SMILES string of the molecule is CCCCCCCCc1ccccc1Oc1c(O)cccc1CCCCCCC. The van der Waals surface area contributed by atoms with E-state index in [4.69, 9.17) is 4.74 Å². The van der Waals surface area contributed by atoms with Crippen LogP contribution in [0.3, 0.4) is 0 Å². The molecule has 0 atom stereocenters. The summed E-state index contributed by atoms with van der Waals surface area (Å²) in [6.07, 6.45) is 16.0. The number of para-hydroxylation sites is 2. The first-order valence-corrected chi connectivity index (χ1v) is 11.8. The van der Waals surface area contributed by atoms with Crippen LogP contribution in [-0.2, 0) is 12.8 Å². The van der Waals surface area contributed by atoms with E-state index in [0.717, 1.165) is 30.6 Å². The normalized spacial score (nSPS) is 11.0. The fourth-order valence-corrected chi connectivity index (χ4v) is 3.82. The quantitative estimate of drug-likeness (QED) is 0.305. The average Bonchev–Trinajstić information content (AvgIpc) is 2.73. The van der Waals surface area contributed by atoms with E-state index < -0.39 is 0 Å². The molecule has 0 aliphatic heterocycles. The standard InChI is InChI=1S/C27H40O2/c1-3-5-7-9-11-12-17-23-18-14-15-22-26(23)29-27-24(20-16-21-25(27)28)19-13-10-8-6-4-2/h14-16,18,20-22,28H,3-13,17,19H2,1-2H3. The largest absolute Gasteiger partial charge is 0.504 e. The van der Waals surface area contributed by atoms with Gasteiger partial charge in [-0.05, 0) is 48.9 Å². The number of phenols is 1. The average molecular weight is 397 g/mol. The monoisotopic (exact) mass is 396 g/mol. The van der Waals surface area contributed by atoms with Crippen molar-refractivity contribution in [2.75, 3.05) is 0 Å². The van der Waals surface area contributed by atoms with Gasteiger partial charge in [0.05, 0.1) is 0 Å². The Morgan fingerprint density at radius 1 is 0.621 bits per heavy atom. The zero-order valence-corrected chi connectivity index (χ0v) is 18.6. The molecule has 2 rings (SSSR count). The maximum atomic E-state index is 10.5. The molecule has 0 fully saturated rings. The summed E-state index contributed by atoms with van der Waals surface area (Å²) in [4.78, 5) is 0. The number of unbranched alkanes of at least 4 members (excludes halogenated alkanes) is 9. The van der Waals surface area contributed by atoms with Crippen LogP contribution in [0, 0.1) is 0 Å². The van der Waals surface area contributed by atoms with Crippen molar-refractivity contribution in [2.24, 2.45) is 0 Å². The first-order valence-electron chi connectivity index (χ1n) is 11.8. The molecule has 2 heteroatoms. The molecule has 0 aliphatic carbocycles. The Morgan fingerprint density at radius 3 is 1.86 bits per heavy atom. The van der Waals surface area contributed by atoms with Crippen LogP contribution in [-0.4, -0.2) is 5.11 Å². The van der Waals surface area contributed by atoms with E-state index in [1.807, 2.05) is 18.2 Å². The molecule has 2 nitrogen and oxygen atoms in total. The highest BCUT2D eigenvalue weighted by molar-refractivity contribution is 5.49. The van der Waals surface area contributed by atoms with E-state index in [1.54, 1.807) is 6.07 Å². The van der Waals surface area contributed by atoms with Crippen LogP contribution in [0.1, 0.15) is 95.6 Å². The van der Waals surface area contributed by atoms with Crippen LogP contribution in [0.5, 0.6) is 17.2 Å². The van der Waals surface area contributed by atoms with E-state index in [-0.39, 0.29) is 5.75 Å². The molecule has 2 aromatic rings. The third-order valence-electron chi connectivity index (χ3n) is 5.61. The van der Waals surface area contributed by atoms with Crippen LogP contribution in [0.15, 0.2) is 42.5 Å². The Hall–Kier alpha value is -1.96. The Bertz CT molecular complexity index is 693. The van der Waals surface area contributed by atoms with E-state index in [0.29, 0.717) is 5.75 Å². The minimum atomic E-state index is 0.241. The molecular formula is C27H40O2. The van der Waals surface area contributed by atoms with Gasteiger partial charge in [0.1, 0.15) is 5.75 Å². The first kappa shape index (κ1) is 23.3. The van der Waals surface area contributed by atoms with Crippen molar-refractivity contribution in [1.82, 2.24) is 0 Å². The van der Waals surface area contributed by atoms with Crippen LogP contribution in [0.4, 0.5) is 0 Å². The number of ether oxygens (including phenoxy) is 1. The maximum Gasteiger partial charge on any atom is 0.172 e. The highest BCUT2D eigenvalue weighted by Gasteiger charge is 2.12. The summed E-state index contributed by atoms with van der Waals surface area (Å²) >= 11 is 0. The minimum absolute atomic E-state index is 0.241. The van der Waals surface area contributed by atoms with Crippen molar-refractivity contribution in [3.63, 3.8) is 0 Å². The van der Waals surface area contributed by atoms with Crippen LogP contribution in [0.25, 0.3) is 0 Å². The van der Waals surface area contributed by atoms with Gasteiger partial charge in [-0.1, -0.05) is 102 Å². The number of benzene rings is 2. The van der Waals surface area contributed by atoms with Crippen molar-refractivity contribution < 1.29 is 9.84 Å². The van der Waals surface area contributed by atoms with E-state index in [1.165, 1.54) is 69.8 Å². The van der Waals surface area contributed by atoms with Gasteiger partial charge in [-0.2, -0.15) is 0 Å². The van der Waals surface area contributed by atoms with Gasteiger partial charge < -0.3 is 9.84 Å².